The van der Waals surface area contributed by atoms with Gasteiger partial charge in [0.15, 0.2) is 23.0 Å². The van der Waals surface area contributed by atoms with Crippen LogP contribution in [-0.4, -0.2) is 54.6 Å². The summed E-state index contributed by atoms with van der Waals surface area (Å²) in [7, 11) is -0.422. The third kappa shape index (κ3) is 5.97. The standard InChI is InChI=1S/C22H28N2O7S/c1-28-18-8-6-16(13-20(18)29-2)15-23-22(25)5-4-10-24(32(3,26)27)17-7-9-19-21(14-17)31-12-11-30-19/h6-9,13-14H,4-5,10-12,15H2,1-3H3,(H,23,25). The number of nitrogens with one attached hydrogen (secondary N) is 1. The van der Waals surface area contributed by atoms with E-state index >= 15 is 0 Å². The summed E-state index contributed by atoms with van der Waals surface area (Å²) in [6, 6.07) is 10.4. The number of amides is 1. The van der Waals surface area contributed by atoms with E-state index in [1.165, 1.54) is 4.31 Å². The molecule has 1 aliphatic rings. The van der Waals surface area contributed by atoms with E-state index in [2.05, 4.69) is 5.32 Å². The van der Waals surface area contributed by atoms with Crippen LogP contribution in [0.15, 0.2) is 36.4 Å². The van der Waals surface area contributed by atoms with Crippen molar-refractivity contribution in [2.75, 3.05) is 44.5 Å². The van der Waals surface area contributed by atoms with E-state index in [1.54, 1.807) is 44.6 Å². The molecule has 0 aromatic heterocycles. The Morgan fingerprint density at radius 3 is 2.44 bits per heavy atom. The van der Waals surface area contributed by atoms with Crippen LogP contribution in [0.5, 0.6) is 23.0 Å². The van der Waals surface area contributed by atoms with Crippen molar-refractivity contribution in [3.8, 4) is 23.0 Å². The van der Waals surface area contributed by atoms with E-state index in [4.69, 9.17) is 18.9 Å². The van der Waals surface area contributed by atoms with Gasteiger partial charge < -0.3 is 24.3 Å². The summed E-state index contributed by atoms with van der Waals surface area (Å²) in [6.07, 6.45) is 1.68. The lowest BCUT2D eigenvalue weighted by atomic mass is 10.2. The normalized spacial score (nSPS) is 12.7. The van der Waals surface area contributed by atoms with Crippen molar-refractivity contribution in [1.82, 2.24) is 5.32 Å². The van der Waals surface area contributed by atoms with Gasteiger partial charge in [-0.3, -0.25) is 9.10 Å². The van der Waals surface area contributed by atoms with E-state index < -0.39 is 10.0 Å². The second-order valence-corrected chi connectivity index (χ2v) is 9.14. The van der Waals surface area contributed by atoms with Gasteiger partial charge in [-0.1, -0.05) is 6.07 Å². The minimum atomic E-state index is -3.53. The Kier molecular flexibility index (Phi) is 7.68. The highest BCUT2D eigenvalue weighted by atomic mass is 32.2. The van der Waals surface area contributed by atoms with E-state index in [0.717, 1.165) is 11.8 Å². The summed E-state index contributed by atoms with van der Waals surface area (Å²) < 4.78 is 47.4. The van der Waals surface area contributed by atoms with Gasteiger partial charge in [0, 0.05) is 25.6 Å². The Balaban J connectivity index is 1.55. The minimum Gasteiger partial charge on any atom is -0.493 e. The molecule has 1 heterocycles. The second-order valence-electron chi connectivity index (χ2n) is 7.23. The van der Waals surface area contributed by atoms with Gasteiger partial charge in [0.25, 0.3) is 0 Å². The van der Waals surface area contributed by atoms with Gasteiger partial charge in [-0.15, -0.1) is 0 Å². The number of sulfonamides is 1. The van der Waals surface area contributed by atoms with Crippen LogP contribution in [0.1, 0.15) is 18.4 Å². The smallest absolute Gasteiger partial charge is 0.232 e. The van der Waals surface area contributed by atoms with Gasteiger partial charge in [0.05, 0.1) is 26.2 Å². The van der Waals surface area contributed by atoms with Crippen LogP contribution < -0.4 is 28.6 Å². The third-order valence-electron chi connectivity index (χ3n) is 4.92. The Bertz CT molecular complexity index is 1060. The summed E-state index contributed by atoms with van der Waals surface area (Å²) in [5, 5.41) is 2.84. The lowest BCUT2D eigenvalue weighted by molar-refractivity contribution is -0.121. The third-order valence-corrected chi connectivity index (χ3v) is 6.11. The monoisotopic (exact) mass is 464 g/mol. The summed E-state index contributed by atoms with van der Waals surface area (Å²) in [5.41, 5.74) is 1.34. The molecule has 1 amide bonds. The fourth-order valence-corrected chi connectivity index (χ4v) is 4.29. The number of rotatable bonds is 10. The van der Waals surface area contributed by atoms with Crippen LogP contribution >= 0.6 is 0 Å². The molecule has 0 saturated carbocycles. The van der Waals surface area contributed by atoms with Crippen molar-refractivity contribution in [2.45, 2.75) is 19.4 Å². The summed E-state index contributed by atoms with van der Waals surface area (Å²) >= 11 is 0. The number of carbonyl (C=O) groups excluding carboxylic acids is 1. The lowest BCUT2D eigenvalue weighted by Gasteiger charge is -2.25. The molecule has 0 saturated heterocycles. The van der Waals surface area contributed by atoms with Gasteiger partial charge in [-0.2, -0.15) is 0 Å². The number of hydrogen-bond donors (Lipinski definition) is 1. The van der Waals surface area contributed by atoms with E-state index in [1.807, 2.05) is 6.07 Å². The maximum atomic E-state index is 12.3. The van der Waals surface area contributed by atoms with Crippen molar-refractivity contribution in [3.63, 3.8) is 0 Å². The first kappa shape index (κ1) is 23.5. The van der Waals surface area contributed by atoms with Gasteiger partial charge in [-0.05, 0) is 36.2 Å². The van der Waals surface area contributed by atoms with Crippen molar-refractivity contribution < 1.29 is 32.2 Å². The molecule has 0 atom stereocenters. The zero-order valence-corrected chi connectivity index (χ0v) is 19.2. The van der Waals surface area contributed by atoms with Crippen LogP contribution in [0.4, 0.5) is 5.69 Å². The van der Waals surface area contributed by atoms with Gasteiger partial charge >= 0.3 is 0 Å². The highest BCUT2D eigenvalue weighted by molar-refractivity contribution is 7.92. The van der Waals surface area contributed by atoms with E-state index in [0.29, 0.717) is 54.9 Å². The number of methoxy groups -OCH3 is 2. The van der Waals surface area contributed by atoms with E-state index in [-0.39, 0.29) is 18.9 Å². The molecule has 0 unspecified atom stereocenters. The highest BCUT2D eigenvalue weighted by Gasteiger charge is 2.21. The number of fused-ring (bicyclic) bond motifs is 1. The number of nitrogens with zero attached hydrogens (tertiary/aromatic N) is 1. The average molecular weight is 465 g/mol. The number of ether oxygens (including phenoxy) is 4. The first-order valence-corrected chi connectivity index (χ1v) is 12.0. The maximum Gasteiger partial charge on any atom is 0.232 e. The number of carbonyl (C=O) groups is 1. The fourth-order valence-electron chi connectivity index (χ4n) is 3.34. The molecule has 0 radical (unpaired) electrons. The molecule has 2 aromatic carbocycles. The first-order valence-electron chi connectivity index (χ1n) is 10.2. The second kappa shape index (κ2) is 10.4. The summed E-state index contributed by atoms with van der Waals surface area (Å²) in [4.78, 5) is 12.3. The molecular formula is C22H28N2O7S. The molecule has 0 fully saturated rings. The fraction of sp³-hybridized carbons (Fsp3) is 0.409. The molecule has 9 nitrogen and oxygen atoms in total. The molecule has 1 aliphatic heterocycles. The van der Waals surface area contributed by atoms with Gasteiger partial charge in [0.1, 0.15) is 13.2 Å². The van der Waals surface area contributed by atoms with Crippen LogP contribution in [0.25, 0.3) is 0 Å². The van der Waals surface area contributed by atoms with Crippen LogP contribution in [-0.2, 0) is 21.4 Å². The molecule has 1 N–H and O–H groups in total. The van der Waals surface area contributed by atoms with Crippen molar-refractivity contribution in [2.24, 2.45) is 0 Å². The van der Waals surface area contributed by atoms with Crippen LogP contribution in [0.2, 0.25) is 0 Å². The Morgan fingerprint density at radius 2 is 1.75 bits per heavy atom. The van der Waals surface area contributed by atoms with Gasteiger partial charge in [-0.25, -0.2) is 8.42 Å². The average Bonchev–Trinajstić information content (AvgIpc) is 2.79. The van der Waals surface area contributed by atoms with Crippen LogP contribution in [0, 0.1) is 0 Å². The molecule has 3 rings (SSSR count). The molecule has 0 bridgehead atoms. The molecule has 174 valence electrons. The van der Waals surface area contributed by atoms with E-state index in [9.17, 15) is 13.2 Å². The Hall–Kier alpha value is -3.14. The van der Waals surface area contributed by atoms with Crippen molar-refractivity contribution in [3.05, 3.63) is 42.0 Å². The molecule has 0 aliphatic carbocycles. The molecule has 2 aromatic rings. The summed E-state index contributed by atoms with van der Waals surface area (Å²) in [6.45, 7) is 1.37. The number of hydrogen-bond acceptors (Lipinski definition) is 7. The SMILES string of the molecule is COc1ccc(CNC(=O)CCCN(c2ccc3c(c2)OCCO3)S(C)(=O)=O)cc1OC. The molecule has 0 spiro atoms. The maximum absolute atomic E-state index is 12.3. The van der Waals surface area contributed by atoms with Crippen molar-refractivity contribution >= 4 is 21.6 Å². The minimum absolute atomic E-state index is 0.169. The first-order chi connectivity index (χ1) is 15.3. The zero-order chi connectivity index (χ0) is 23.1. The zero-order valence-electron chi connectivity index (χ0n) is 18.4. The largest absolute Gasteiger partial charge is 0.493 e. The van der Waals surface area contributed by atoms with Crippen LogP contribution in [0.3, 0.4) is 0 Å². The predicted octanol–water partition coefficient (Wildman–Crippen LogP) is 2.34. The summed E-state index contributed by atoms with van der Waals surface area (Å²) in [5.74, 6) is 2.12. The Labute approximate surface area is 188 Å². The molecule has 32 heavy (non-hydrogen) atoms. The predicted molar refractivity (Wildman–Crippen MR) is 120 cm³/mol. The van der Waals surface area contributed by atoms with Crippen molar-refractivity contribution in [1.29, 1.82) is 0 Å². The molecule has 10 heteroatoms. The highest BCUT2D eigenvalue weighted by Crippen LogP contribution is 2.34. The molecular weight excluding hydrogens is 436 g/mol. The van der Waals surface area contributed by atoms with Gasteiger partial charge in [0.2, 0.25) is 15.9 Å². The lowest BCUT2D eigenvalue weighted by Crippen LogP contribution is -2.32. The number of benzene rings is 2. The topological polar surface area (TPSA) is 103 Å². The quantitative estimate of drug-likeness (QED) is 0.576. The number of anilines is 1. The Morgan fingerprint density at radius 1 is 1.03 bits per heavy atom.